The maximum absolute atomic E-state index is 12.2. The monoisotopic (exact) mass is 422 g/mol. The van der Waals surface area contributed by atoms with Crippen LogP contribution in [-0.4, -0.2) is 41.9 Å². The Labute approximate surface area is 169 Å². The fourth-order valence-corrected chi connectivity index (χ4v) is 4.30. The highest BCUT2D eigenvalue weighted by atomic mass is 79.9. The Hall–Kier alpha value is -1.13. The number of fused-ring (bicyclic) bond motifs is 1. The number of aromatic nitrogens is 1. The second-order valence-electron chi connectivity index (χ2n) is 8.20. The highest BCUT2D eigenvalue weighted by molar-refractivity contribution is 5.96. The highest BCUT2D eigenvalue weighted by Gasteiger charge is 2.26. The molecule has 4 heteroatoms. The van der Waals surface area contributed by atoms with Gasteiger partial charge < -0.3 is 25.9 Å². The average molecular weight is 423 g/mol. The normalized spacial score (nSPS) is 12.8. The largest absolute Gasteiger partial charge is 1.00 e. The molecule has 26 heavy (non-hydrogen) atoms. The third-order valence-corrected chi connectivity index (χ3v) is 5.35. The third kappa shape index (κ3) is 5.20. The molecule has 2 aromatic heterocycles. The number of quaternary nitrogens is 1. The Morgan fingerprint density at radius 2 is 1.88 bits per heavy atom. The second kappa shape index (κ2) is 9.70. The minimum atomic E-state index is 0. The van der Waals surface area contributed by atoms with Crippen molar-refractivity contribution < 1.29 is 26.3 Å². The van der Waals surface area contributed by atoms with Gasteiger partial charge in [0, 0.05) is 24.6 Å². The van der Waals surface area contributed by atoms with E-state index in [4.69, 9.17) is 0 Å². The molecule has 3 nitrogen and oxygen atoms in total. The molecule has 0 N–H and O–H groups in total. The van der Waals surface area contributed by atoms with Crippen molar-refractivity contribution in [2.24, 2.45) is 0 Å². The number of hydrogen-bond acceptors (Lipinski definition) is 1. The van der Waals surface area contributed by atoms with Crippen molar-refractivity contribution in [3.8, 4) is 0 Å². The fourth-order valence-electron chi connectivity index (χ4n) is 4.30. The molecule has 0 radical (unpaired) electrons. The molecule has 1 unspecified atom stereocenters. The number of pyridine rings is 1. The van der Waals surface area contributed by atoms with Crippen LogP contribution >= 0.6 is 0 Å². The summed E-state index contributed by atoms with van der Waals surface area (Å²) in [5.41, 5.74) is 4.51. The number of rotatable bonds is 9. The van der Waals surface area contributed by atoms with Crippen molar-refractivity contribution in [3.05, 3.63) is 41.2 Å². The van der Waals surface area contributed by atoms with Gasteiger partial charge in [0.1, 0.15) is 0 Å². The minimum Gasteiger partial charge on any atom is -1.00 e. The SMILES string of the molecule is CCCCCC[N+](C)(C)CC(C)c1c(C)c(C(C)=O)n2ccccc12.[Br-]. The molecule has 0 spiro atoms. The number of ketones is 1. The summed E-state index contributed by atoms with van der Waals surface area (Å²) in [4.78, 5) is 12.2. The van der Waals surface area contributed by atoms with E-state index in [1.807, 2.05) is 12.3 Å². The molecule has 0 amide bonds. The van der Waals surface area contributed by atoms with E-state index in [-0.39, 0.29) is 22.8 Å². The molecule has 2 rings (SSSR count). The third-order valence-electron chi connectivity index (χ3n) is 5.35. The van der Waals surface area contributed by atoms with Gasteiger partial charge in [-0.1, -0.05) is 32.8 Å². The van der Waals surface area contributed by atoms with Gasteiger partial charge in [0.25, 0.3) is 0 Å². The minimum absolute atomic E-state index is 0. The van der Waals surface area contributed by atoms with Crippen molar-refractivity contribution in [1.82, 2.24) is 4.40 Å². The lowest BCUT2D eigenvalue weighted by atomic mass is 9.95. The van der Waals surface area contributed by atoms with Crippen molar-refractivity contribution >= 4 is 11.3 Å². The number of carbonyl (C=O) groups is 1. The molecule has 2 heterocycles. The zero-order valence-electron chi connectivity index (χ0n) is 17.3. The molecule has 0 saturated carbocycles. The molecule has 0 bridgehead atoms. The van der Waals surface area contributed by atoms with Gasteiger partial charge in [-0.15, -0.1) is 0 Å². The molecular formula is C22H35BrN2O. The Kier molecular flexibility index (Phi) is 8.55. The van der Waals surface area contributed by atoms with Crippen molar-refractivity contribution in [2.45, 2.75) is 59.3 Å². The molecule has 0 fully saturated rings. The van der Waals surface area contributed by atoms with E-state index in [0.29, 0.717) is 5.92 Å². The van der Waals surface area contributed by atoms with Crippen LogP contribution in [0.15, 0.2) is 24.4 Å². The summed E-state index contributed by atoms with van der Waals surface area (Å²) in [7, 11) is 4.67. The van der Waals surface area contributed by atoms with E-state index in [2.05, 4.69) is 51.4 Å². The first-order valence-electron chi connectivity index (χ1n) is 9.71. The summed E-state index contributed by atoms with van der Waals surface area (Å²) >= 11 is 0. The van der Waals surface area contributed by atoms with Gasteiger partial charge in [0.2, 0.25) is 0 Å². The first kappa shape index (κ1) is 22.9. The van der Waals surface area contributed by atoms with Crippen LogP contribution in [-0.2, 0) is 0 Å². The van der Waals surface area contributed by atoms with Crippen LogP contribution < -0.4 is 17.0 Å². The van der Waals surface area contributed by atoms with Crippen LogP contribution in [0.4, 0.5) is 0 Å². The van der Waals surface area contributed by atoms with Crippen LogP contribution in [0.3, 0.4) is 0 Å². The summed E-state index contributed by atoms with van der Waals surface area (Å²) < 4.78 is 3.11. The Morgan fingerprint density at radius 3 is 2.50 bits per heavy atom. The van der Waals surface area contributed by atoms with E-state index in [0.717, 1.165) is 22.3 Å². The number of likely N-dealkylation sites (N-methyl/N-ethyl adjacent to an activating group) is 1. The highest BCUT2D eigenvalue weighted by Crippen LogP contribution is 2.31. The summed E-state index contributed by atoms with van der Waals surface area (Å²) in [6, 6.07) is 6.22. The van der Waals surface area contributed by atoms with E-state index < -0.39 is 0 Å². The maximum Gasteiger partial charge on any atom is 0.176 e. The van der Waals surface area contributed by atoms with Gasteiger partial charge in [-0.2, -0.15) is 0 Å². The smallest absolute Gasteiger partial charge is 0.176 e. The Balaban J connectivity index is 0.00000338. The second-order valence-corrected chi connectivity index (χ2v) is 8.20. The first-order chi connectivity index (χ1) is 11.8. The van der Waals surface area contributed by atoms with Crippen LogP contribution in [0.1, 0.15) is 74.0 Å². The summed E-state index contributed by atoms with van der Waals surface area (Å²) in [5.74, 6) is 0.567. The van der Waals surface area contributed by atoms with Crippen LogP contribution in [0, 0.1) is 6.92 Å². The molecule has 0 saturated heterocycles. The zero-order chi connectivity index (χ0) is 18.6. The number of hydrogen-bond donors (Lipinski definition) is 0. The molecule has 0 aliphatic rings. The van der Waals surface area contributed by atoms with Crippen LogP contribution in [0.2, 0.25) is 0 Å². The van der Waals surface area contributed by atoms with Crippen molar-refractivity contribution in [1.29, 1.82) is 0 Å². The topological polar surface area (TPSA) is 21.5 Å². The zero-order valence-corrected chi connectivity index (χ0v) is 18.9. The molecule has 0 aliphatic carbocycles. The van der Waals surface area contributed by atoms with Gasteiger partial charge in [0.05, 0.1) is 32.9 Å². The van der Waals surface area contributed by atoms with E-state index in [1.165, 1.54) is 43.3 Å². The fraction of sp³-hybridized carbons (Fsp3) is 0.591. The molecule has 0 aliphatic heterocycles. The molecule has 1 atom stereocenters. The molecular weight excluding hydrogens is 388 g/mol. The lowest BCUT2D eigenvalue weighted by Gasteiger charge is -2.33. The van der Waals surface area contributed by atoms with Gasteiger partial charge in [-0.25, -0.2) is 0 Å². The number of carbonyl (C=O) groups excluding carboxylic acids is 1. The van der Waals surface area contributed by atoms with Crippen LogP contribution in [0.5, 0.6) is 0 Å². The predicted octanol–water partition coefficient (Wildman–Crippen LogP) is 2.21. The maximum atomic E-state index is 12.2. The van der Waals surface area contributed by atoms with Gasteiger partial charge in [-0.3, -0.25) is 4.79 Å². The predicted molar refractivity (Wildman–Crippen MR) is 107 cm³/mol. The number of nitrogens with zero attached hydrogens (tertiary/aromatic N) is 2. The van der Waals surface area contributed by atoms with Crippen molar-refractivity contribution in [3.63, 3.8) is 0 Å². The summed E-state index contributed by atoms with van der Waals surface area (Å²) in [6.07, 6.45) is 7.26. The standard InChI is InChI=1S/C22H35N2O.BrH/c1-7-8-9-12-15-24(5,6)16-17(2)21-18(3)22(19(4)25)23-14-11-10-13-20(21)23;/h10-11,13-14,17H,7-9,12,15-16H2,1-6H3;1H/q+1;/p-1. The quantitative estimate of drug-likeness (QED) is 0.344. The summed E-state index contributed by atoms with van der Waals surface area (Å²) in [6.45, 7) is 10.7. The molecule has 0 aromatic carbocycles. The lowest BCUT2D eigenvalue weighted by Crippen LogP contribution is -3.00. The van der Waals surface area contributed by atoms with Crippen LogP contribution in [0.25, 0.3) is 5.52 Å². The molecule has 2 aromatic rings. The molecule has 146 valence electrons. The first-order valence-corrected chi connectivity index (χ1v) is 9.71. The van der Waals surface area contributed by atoms with Gasteiger partial charge in [0.15, 0.2) is 5.78 Å². The van der Waals surface area contributed by atoms with E-state index in [1.54, 1.807) is 6.92 Å². The van der Waals surface area contributed by atoms with Gasteiger partial charge >= 0.3 is 0 Å². The Morgan fingerprint density at radius 1 is 1.19 bits per heavy atom. The number of Topliss-reactive ketones (excluding diaryl/α,β-unsaturated/α-hetero) is 1. The number of halogens is 1. The van der Waals surface area contributed by atoms with Crippen molar-refractivity contribution in [2.75, 3.05) is 27.2 Å². The van der Waals surface area contributed by atoms with E-state index >= 15 is 0 Å². The van der Waals surface area contributed by atoms with Gasteiger partial charge in [-0.05, 0) is 43.0 Å². The van der Waals surface area contributed by atoms with E-state index in [9.17, 15) is 4.79 Å². The summed E-state index contributed by atoms with van der Waals surface area (Å²) in [5, 5.41) is 0. The lowest BCUT2D eigenvalue weighted by molar-refractivity contribution is -0.891. The Bertz CT molecular complexity index is 733. The number of unbranched alkanes of at least 4 members (excludes halogenated alkanes) is 3. The average Bonchev–Trinajstić information content (AvgIpc) is 2.83.